The SMILES string of the molecule is C#CCOc1ccc(CNCCCCCC)cc1OC.Cl. The summed E-state index contributed by atoms with van der Waals surface area (Å²) in [6.07, 6.45) is 10.3. The highest BCUT2D eigenvalue weighted by Gasteiger charge is 2.05. The molecule has 0 radical (unpaired) electrons. The summed E-state index contributed by atoms with van der Waals surface area (Å²) in [7, 11) is 1.64. The fraction of sp³-hybridized carbons (Fsp3) is 0.529. The van der Waals surface area contributed by atoms with Crippen molar-refractivity contribution < 1.29 is 9.47 Å². The molecular formula is C17H26ClNO2. The first kappa shape index (κ1) is 19.6. The van der Waals surface area contributed by atoms with Crippen LogP contribution in [0.4, 0.5) is 0 Å². The third kappa shape index (κ3) is 7.84. The zero-order chi connectivity index (χ0) is 14.6. The van der Waals surface area contributed by atoms with Crippen molar-refractivity contribution in [1.29, 1.82) is 0 Å². The maximum absolute atomic E-state index is 5.42. The third-order valence-corrected chi connectivity index (χ3v) is 3.08. The van der Waals surface area contributed by atoms with E-state index in [-0.39, 0.29) is 19.0 Å². The minimum atomic E-state index is 0. The van der Waals surface area contributed by atoms with Crippen molar-refractivity contribution in [2.75, 3.05) is 20.3 Å². The molecule has 0 bridgehead atoms. The number of ether oxygens (including phenoxy) is 2. The van der Waals surface area contributed by atoms with Gasteiger partial charge in [0.25, 0.3) is 0 Å². The fourth-order valence-corrected chi connectivity index (χ4v) is 1.97. The van der Waals surface area contributed by atoms with Crippen LogP contribution in [0, 0.1) is 12.3 Å². The number of benzene rings is 1. The van der Waals surface area contributed by atoms with E-state index in [9.17, 15) is 0 Å². The van der Waals surface area contributed by atoms with Crippen molar-refractivity contribution in [3.05, 3.63) is 23.8 Å². The summed E-state index contributed by atoms with van der Waals surface area (Å²) >= 11 is 0. The first-order valence-corrected chi connectivity index (χ1v) is 7.25. The number of rotatable bonds is 10. The van der Waals surface area contributed by atoms with E-state index in [0.29, 0.717) is 5.75 Å². The minimum absolute atomic E-state index is 0. The van der Waals surface area contributed by atoms with Gasteiger partial charge in [-0.05, 0) is 30.7 Å². The van der Waals surface area contributed by atoms with Gasteiger partial charge in [0.2, 0.25) is 0 Å². The zero-order valence-corrected chi connectivity index (χ0v) is 13.8. The average molecular weight is 312 g/mol. The van der Waals surface area contributed by atoms with Crippen LogP contribution in [0.15, 0.2) is 18.2 Å². The van der Waals surface area contributed by atoms with Crippen molar-refractivity contribution >= 4 is 12.4 Å². The van der Waals surface area contributed by atoms with Crippen LogP contribution in [0.5, 0.6) is 11.5 Å². The molecule has 1 rings (SSSR count). The summed E-state index contributed by atoms with van der Waals surface area (Å²) in [4.78, 5) is 0. The van der Waals surface area contributed by atoms with Crippen LogP contribution in [0.25, 0.3) is 0 Å². The zero-order valence-electron chi connectivity index (χ0n) is 13.0. The molecule has 0 aromatic heterocycles. The van der Waals surface area contributed by atoms with Crippen LogP contribution in [0.2, 0.25) is 0 Å². The monoisotopic (exact) mass is 311 g/mol. The molecule has 0 aliphatic rings. The number of halogens is 1. The number of hydrogen-bond acceptors (Lipinski definition) is 3. The molecule has 1 N–H and O–H groups in total. The maximum atomic E-state index is 5.42. The van der Waals surface area contributed by atoms with Gasteiger partial charge in [0.05, 0.1) is 7.11 Å². The predicted molar refractivity (Wildman–Crippen MR) is 90.4 cm³/mol. The molecule has 0 aliphatic carbocycles. The smallest absolute Gasteiger partial charge is 0.162 e. The van der Waals surface area contributed by atoms with Crippen LogP contribution >= 0.6 is 12.4 Å². The largest absolute Gasteiger partial charge is 0.493 e. The van der Waals surface area contributed by atoms with E-state index in [0.717, 1.165) is 18.8 Å². The van der Waals surface area contributed by atoms with E-state index in [2.05, 4.69) is 18.2 Å². The molecular weight excluding hydrogens is 286 g/mol. The molecule has 0 aliphatic heterocycles. The van der Waals surface area contributed by atoms with E-state index < -0.39 is 0 Å². The highest BCUT2D eigenvalue weighted by atomic mass is 35.5. The first-order chi connectivity index (χ1) is 9.81. The maximum Gasteiger partial charge on any atom is 0.162 e. The molecule has 3 nitrogen and oxygen atoms in total. The van der Waals surface area contributed by atoms with Gasteiger partial charge in [-0.15, -0.1) is 18.8 Å². The van der Waals surface area contributed by atoms with Crippen LogP contribution in [-0.4, -0.2) is 20.3 Å². The van der Waals surface area contributed by atoms with Gasteiger partial charge < -0.3 is 14.8 Å². The van der Waals surface area contributed by atoms with Gasteiger partial charge in [0, 0.05) is 6.54 Å². The van der Waals surface area contributed by atoms with Crippen molar-refractivity contribution in [1.82, 2.24) is 5.32 Å². The molecule has 0 fully saturated rings. The summed E-state index contributed by atoms with van der Waals surface area (Å²) in [5, 5.41) is 3.45. The average Bonchev–Trinajstić information content (AvgIpc) is 2.49. The van der Waals surface area contributed by atoms with E-state index in [1.807, 2.05) is 18.2 Å². The number of nitrogens with one attached hydrogen (secondary N) is 1. The highest BCUT2D eigenvalue weighted by Crippen LogP contribution is 2.27. The molecule has 0 atom stereocenters. The predicted octanol–water partition coefficient (Wildman–Crippen LogP) is 3.80. The Kier molecular flexibility index (Phi) is 11.6. The highest BCUT2D eigenvalue weighted by molar-refractivity contribution is 5.85. The molecule has 0 saturated heterocycles. The Hall–Kier alpha value is -1.37. The summed E-state index contributed by atoms with van der Waals surface area (Å²) in [5.74, 6) is 3.87. The van der Waals surface area contributed by atoms with Gasteiger partial charge in [0.15, 0.2) is 11.5 Å². The molecule has 0 spiro atoms. The first-order valence-electron chi connectivity index (χ1n) is 7.25. The van der Waals surface area contributed by atoms with Crippen LogP contribution in [0.1, 0.15) is 38.2 Å². The lowest BCUT2D eigenvalue weighted by molar-refractivity contribution is 0.330. The number of unbranched alkanes of at least 4 members (excludes halogenated alkanes) is 3. The summed E-state index contributed by atoms with van der Waals surface area (Å²) in [5.41, 5.74) is 1.19. The van der Waals surface area contributed by atoms with Crippen molar-refractivity contribution in [2.24, 2.45) is 0 Å². The molecule has 0 saturated carbocycles. The molecule has 1 aromatic rings. The molecule has 4 heteroatoms. The normalized spacial score (nSPS) is 9.57. The molecule has 118 valence electrons. The van der Waals surface area contributed by atoms with Gasteiger partial charge >= 0.3 is 0 Å². The third-order valence-electron chi connectivity index (χ3n) is 3.08. The Morgan fingerprint density at radius 1 is 1.19 bits per heavy atom. The molecule has 0 unspecified atom stereocenters. The van der Waals surface area contributed by atoms with Gasteiger partial charge in [-0.3, -0.25) is 0 Å². The number of terminal acetylenes is 1. The quantitative estimate of drug-likeness (QED) is 0.526. The van der Waals surface area contributed by atoms with Crippen LogP contribution < -0.4 is 14.8 Å². The molecule has 0 amide bonds. The van der Waals surface area contributed by atoms with Gasteiger partial charge in [-0.1, -0.05) is 38.2 Å². The lowest BCUT2D eigenvalue weighted by Crippen LogP contribution is -2.14. The second-order valence-corrected chi connectivity index (χ2v) is 4.72. The fourth-order valence-electron chi connectivity index (χ4n) is 1.97. The second-order valence-electron chi connectivity index (χ2n) is 4.72. The van der Waals surface area contributed by atoms with Crippen LogP contribution in [0.3, 0.4) is 0 Å². The van der Waals surface area contributed by atoms with E-state index in [1.54, 1.807) is 7.11 Å². The van der Waals surface area contributed by atoms with Gasteiger partial charge in [-0.2, -0.15) is 0 Å². The number of methoxy groups -OCH3 is 1. The standard InChI is InChI=1S/C17H25NO2.ClH/c1-4-6-7-8-11-18-14-15-9-10-16(20-12-5-2)17(13-15)19-3;/h2,9-10,13,18H,4,6-8,11-12,14H2,1,3H3;1H. The topological polar surface area (TPSA) is 30.5 Å². The Morgan fingerprint density at radius 3 is 2.67 bits per heavy atom. The van der Waals surface area contributed by atoms with Gasteiger partial charge in [-0.25, -0.2) is 0 Å². The Morgan fingerprint density at radius 2 is 2.00 bits per heavy atom. The molecule has 1 aromatic carbocycles. The molecule has 21 heavy (non-hydrogen) atoms. The lowest BCUT2D eigenvalue weighted by Gasteiger charge is -2.11. The Bertz CT molecular complexity index is 429. The Balaban J connectivity index is 0.00000400. The van der Waals surface area contributed by atoms with Crippen molar-refractivity contribution in [2.45, 2.75) is 39.2 Å². The summed E-state index contributed by atoms with van der Waals surface area (Å²) in [6, 6.07) is 5.93. The summed E-state index contributed by atoms with van der Waals surface area (Å²) in [6.45, 7) is 4.38. The van der Waals surface area contributed by atoms with Crippen molar-refractivity contribution in [3.63, 3.8) is 0 Å². The van der Waals surface area contributed by atoms with E-state index in [4.69, 9.17) is 15.9 Å². The Labute approximate surface area is 134 Å². The second kappa shape index (κ2) is 12.4. The minimum Gasteiger partial charge on any atom is -0.493 e. The van der Waals surface area contributed by atoms with Gasteiger partial charge in [0.1, 0.15) is 6.61 Å². The number of hydrogen-bond donors (Lipinski definition) is 1. The molecule has 0 heterocycles. The van der Waals surface area contributed by atoms with E-state index >= 15 is 0 Å². The summed E-state index contributed by atoms with van der Waals surface area (Å²) < 4.78 is 10.7. The van der Waals surface area contributed by atoms with E-state index in [1.165, 1.54) is 31.2 Å². The lowest BCUT2D eigenvalue weighted by atomic mass is 10.2. The van der Waals surface area contributed by atoms with Crippen molar-refractivity contribution in [3.8, 4) is 23.8 Å². The van der Waals surface area contributed by atoms with Crippen LogP contribution in [-0.2, 0) is 6.54 Å².